The molecule has 0 aliphatic carbocycles. The van der Waals surface area contributed by atoms with Crippen molar-refractivity contribution in [3.63, 3.8) is 0 Å². The molecule has 29 heavy (non-hydrogen) atoms. The molecule has 0 aromatic heterocycles. The summed E-state index contributed by atoms with van der Waals surface area (Å²) < 4.78 is 0. The van der Waals surface area contributed by atoms with Crippen LogP contribution in [0.15, 0.2) is 0 Å². The molecule has 0 spiro atoms. The molecule has 0 bridgehead atoms. The van der Waals surface area contributed by atoms with E-state index in [4.69, 9.17) is 10.2 Å². The van der Waals surface area contributed by atoms with Crippen molar-refractivity contribution in [3.8, 4) is 0 Å². The Morgan fingerprint density at radius 1 is 1.07 bits per heavy atom. The largest absolute Gasteiger partial charge is 0.480 e. The fraction of sp³-hybridized carbons (Fsp3) is 0.706. The van der Waals surface area contributed by atoms with Crippen LogP contribution in [0.25, 0.3) is 0 Å². The molecule has 4 amide bonds. The number of carboxylic acid groups (broad SMARTS) is 2. The van der Waals surface area contributed by atoms with Crippen LogP contribution in [0.3, 0.4) is 0 Å². The van der Waals surface area contributed by atoms with Gasteiger partial charge in [0.1, 0.15) is 13.1 Å². The number of nitrogens with one attached hydrogen (secondary N) is 3. The maximum absolute atomic E-state index is 11.9. The van der Waals surface area contributed by atoms with Gasteiger partial charge in [0.25, 0.3) is 0 Å². The summed E-state index contributed by atoms with van der Waals surface area (Å²) in [6.45, 7) is -1.38. The molecule has 11 nitrogen and oxygen atoms in total. The van der Waals surface area contributed by atoms with Crippen LogP contribution in [0.5, 0.6) is 0 Å². The van der Waals surface area contributed by atoms with E-state index in [0.29, 0.717) is 18.1 Å². The van der Waals surface area contributed by atoms with Crippen LogP contribution in [0.1, 0.15) is 32.1 Å². The van der Waals surface area contributed by atoms with E-state index >= 15 is 0 Å². The summed E-state index contributed by atoms with van der Waals surface area (Å²) in [5.41, 5.74) is 0. The SMILES string of the molecule is O=C(O)CN(CC(=O)O)C(=O)CCNC(=O)CCCCC1SCC2NC(=O)NC21. The number of carboxylic acids is 2. The number of rotatable bonds is 12. The van der Waals surface area contributed by atoms with Crippen LogP contribution in [0, 0.1) is 0 Å². The van der Waals surface area contributed by atoms with Crippen molar-refractivity contribution in [1.29, 1.82) is 0 Å². The molecule has 2 aliphatic heterocycles. The van der Waals surface area contributed by atoms with Crippen molar-refractivity contribution < 1.29 is 34.2 Å². The highest BCUT2D eigenvalue weighted by Crippen LogP contribution is 2.33. The van der Waals surface area contributed by atoms with Gasteiger partial charge >= 0.3 is 18.0 Å². The highest BCUT2D eigenvalue weighted by molar-refractivity contribution is 8.00. The number of unbranched alkanes of at least 4 members (excludes halogenated alkanes) is 1. The van der Waals surface area contributed by atoms with Gasteiger partial charge in [0.15, 0.2) is 0 Å². The number of thioether (sulfide) groups is 1. The Bertz CT molecular complexity index is 644. The Morgan fingerprint density at radius 3 is 2.41 bits per heavy atom. The van der Waals surface area contributed by atoms with Crippen LogP contribution in [0.4, 0.5) is 4.79 Å². The first-order valence-electron chi connectivity index (χ1n) is 9.43. The van der Waals surface area contributed by atoms with Gasteiger partial charge in [-0.2, -0.15) is 11.8 Å². The van der Waals surface area contributed by atoms with Crippen molar-refractivity contribution in [2.24, 2.45) is 0 Å². The zero-order valence-corrected chi connectivity index (χ0v) is 16.7. The molecule has 3 unspecified atom stereocenters. The van der Waals surface area contributed by atoms with Crippen LogP contribution < -0.4 is 16.0 Å². The number of hydrogen-bond acceptors (Lipinski definition) is 6. The molecule has 5 N–H and O–H groups in total. The second-order valence-corrected chi connectivity index (χ2v) is 8.28. The zero-order chi connectivity index (χ0) is 21.4. The summed E-state index contributed by atoms with van der Waals surface area (Å²) >= 11 is 1.82. The van der Waals surface area contributed by atoms with E-state index < -0.39 is 30.9 Å². The molecule has 0 saturated carbocycles. The fourth-order valence-electron chi connectivity index (χ4n) is 3.39. The third-order valence-corrected chi connectivity index (χ3v) is 6.26. The second-order valence-electron chi connectivity index (χ2n) is 7.00. The van der Waals surface area contributed by atoms with Crippen LogP contribution >= 0.6 is 11.8 Å². The first-order chi connectivity index (χ1) is 13.8. The minimum atomic E-state index is -1.30. The topological polar surface area (TPSA) is 165 Å². The zero-order valence-electron chi connectivity index (χ0n) is 15.9. The molecule has 0 aromatic carbocycles. The first-order valence-corrected chi connectivity index (χ1v) is 10.5. The second kappa shape index (κ2) is 10.9. The molecule has 0 radical (unpaired) electrons. The maximum Gasteiger partial charge on any atom is 0.323 e. The number of hydrogen-bond donors (Lipinski definition) is 5. The Morgan fingerprint density at radius 2 is 1.76 bits per heavy atom. The maximum atomic E-state index is 11.9. The van der Waals surface area contributed by atoms with Crippen molar-refractivity contribution in [1.82, 2.24) is 20.9 Å². The molecule has 2 rings (SSSR count). The lowest BCUT2D eigenvalue weighted by Crippen LogP contribution is -2.40. The summed E-state index contributed by atoms with van der Waals surface area (Å²) in [6, 6.07) is 0.205. The average Bonchev–Trinajstić information content (AvgIpc) is 3.16. The van der Waals surface area contributed by atoms with E-state index in [9.17, 15) is 24.0 Å². The highest BCUT2D eigenvalue weighted by Gasteiger charge is 2.42. The number of nitrogens with zero attached hydrogens (tertiary/aromatic N) is 1. The third kappa shape index (κ3) is 7.44. The van der Waals surface area contributed by atoms with Crippen molar-refractivity contribution in [3.05, 3.63) is 0 Å². The van der Waals surface area contributed by atoms with Gasteiger partial charge in [-0.15, -0.1) is 0 Å². The predicted molar refractivity (Wildman–Crippen MR) is 103 cm³/mol. The lowest BCUT2D eigenvalue weighted by molar-refractivity contribution is -0.149. The molecular formula is C17H26N4O7S. The van der Waals surface area contributed by atoms with Gasteiger partial charge in [-0.3, -0.25) is 19.2 Å². The molecule has 2 fully saturated rings. The number of aliphatic carboxylic acids is 2. The Balaban J connectivity index is 1.58. The summed E-state index contributed by atoms with van der Waals surface area (Å²) in [6.07, 6.45) is 2.56. The lowest BCUT2D eigenvalue weighted by atomic mass is 10.0. The van der Waals surface area contributed by atoms with Crippen LogP contribution in [0.2, 0.25) is 0 Å². The molecular weight excluding hydrogens is 404 g/mol. The molecule has 12 heteroatoms. The number of urea groups is 1. The Hall–Kier alpha value is -2.50. The molecule has 2 heterocycles. The van der Waals surface area contributed by atoms with Gasteiger partial charge < -0.3 is 31.1 Å². The molecule has 3 atom stereocenters. The van der Waals surface area contributed by atoms with Crippen molar-refractivity contribution >= 4 is 41.5 Å². The van der Waals surface area contributed by atoms with Gasteiger partial charge in [0.2, 0.25) is 11.8 Å². The molecule has 0 aromatic rings. The van der Waals surface area contributed by atoms with E-state index in [1.54, 1.807) is 0 Å². The van der Waals surface area contributed by atoms with E-state index in [1.165, 1.54) is 0 Å². The lowest BCUT2D eigenvalue weighted by Gasteiger charge is -2.18. The fourth-order valence-corrected chi connectivity index (χ4v) is 4.93. The van der Waals surface area contributed by atoms with Crippen LogP contribution in [-0.4, -0.2) is 87.6 Å². The van der Waals surface area contributed by atoms with E-state index in [0.717, 1.165) is 23.5 Å². The first kappa shape index (κ1) is 22.8. The van der Waals surface area contributed by atoms with Gasteiger partial charge in [-0.05, 0) is 12.8 Å². The predicted octanol–water partition coefficient (Wildman–Crippen LogP) is -0.784. The Kier molecular flexibility index (Phi) is 8.55. The number of carbonyl (C=O) groups excluding carboxylic acids is 3. The molecule has 2 aliphatic rings. The van der Waals surface area contributed by atoms with Gasteiger partial charge in [0, 0.05) is 30.4 Å². The summed E-state index contributed by atoms with van der Waals surface area (Å²) in [4.78, 5) is 57.3. The number of carbonyl (C=O) groups is 5. The highest BCUT2D eigenvalue weighted by atomic mass is 32.2. The minimum Gasteiger partial charge on any atom is -0.480 e. The Labute approximate surface area is 171 Å². The van der Waals surface area contributed by atoms with E-state index in [1.807, 2.05) is 11.8 Å². The smallest absolute Gasteiger partial charge is 0.323 e. The number of amides is 4. The summed E-state index contributed by atoms with van der Waals surface area (Å²) in [5, 5.41) is 26.2. The summed E-state index contributed by atoms with van der Waals surface area (Å²) in [7, 11) is 0. The van der Waals surface area contributed by atoms with Crippen molar-refractivity contribution in [2.45, 2.75) is 49.4 Å². The van der Waals surface area contributed by atoms with Crippen molar-refractivity contribution in [2.75, 3.05) is 25.4 Å². The normalized spacial score (nSPS) is 22.3. The molecule has 2 saturated heterocycles. The van der Waals surface area contributed by atoms with E-state index in [-0.39, 0.29) is 37.0 Å². The van der Waals surface area contributed by atoms with Gasteiger partial charge in [0.05, 0.1) is 12.1 Å². The monoisotopic (exact) mass is 430 g/mol. The molecule has 162 valence electrons. The van der Waals surface area contributed by atoms with E-state index in [2.05, 4.69) is 16.0 Å². The van der Waals surface area contributed by atoms with Gasteiger partial charge in [-0.25, -0.2) is 4.79 Å². The quantitative estimate of drug-likeness (QED) is 0.199. The number of fused-ring (bicyclic) bond motifs is 1. The third-order valence-electron chi connectivity index (χ3n) is 4.75. The summed E-state index contributed by atoms with van der Waals surface area (Å²) in [5.74, 6) is -2.57. The van der Waals surface area contributed by atoms with Gasteiger partial charge in [-0.1, -0.05) is 6.42 Å². The standard InChI is InChI=1S/C17H26N4O7S/c22-12(18-6-5-13(23)21(7-14(24)25)8-15(26)27)4-2-1-3-11-16-10(9-29-11)19-17(28)20-16/h10-11,16H,1-9H2,(H,18,22)(H,24,25)(H,26,27)(H2,19,20,28). The average molecular weight is 430 g/mol. The van der Waals surface area contributed by atoms with Crippen LogP contribution in [-0.2, 0) is 19.2 Å². The minimum absolute atomic E-state index is 0.0212.